The van der Waals surface area contributed by atoms with Gasteiger partial charge in [-0.15, -0.1) is 0 Å². The van der Waals surface area contributed by atoms with Crippen molar-refractivity contribution in [2.75, 3.05) is 0 Å². The largest absolute Gasteiger partial charge is 0.294 e. The van der Waals surface area contributed by atoms with Crippen molar-refractivity contribution in [1.82, 2.24) is 0 Å². The molecule has 0 saturated carbocycles. The molecule has 2 aromatic carbocycles. The van der Waals surface area contributed by atoms with Gasteiger partial charge < -0.3 is 0 Å². The first-order valence-electron chi connectivity index (χ1n) is 6.48. The van der Waals surface area contributed by atoms with E-state index in [4.69, 9.17) is 0 Å². The van der Waals surface area contributed by atoms with Crippen LogP contribution in [0.15, 0.2) is 60.7 Å². The molecule has 20 heavy (non-hydrogen) atoms. The molecule has 0 aliphatic heterocycles. The summed E-state index contributed by atoms with van der Waals surface area (Å²) in [4.78, 5) is 24.1. The Morgan fingerprint density at radius 2 is 0.900 bits per heavy atom. The first-order valence-corrected chi connectivity index (χ1v) is 6.48. The van der Waals surface area contributed by atoms with Gasteiger partial charge in [-0.25, -0.2) is 0 Å². The molecule has 2 heteroatoms. The highest BCUT2D eigenvalue weighted by Crippen LogP contribution is 2.27. The molecule has 0 aliphatic carbocycles. The number of Topliss-reactive ketones (excluding diaryl/α,β-unsaturated/α-hetero) is 2. The fraction of sp³-hybridized carbons (Fsp3) is 0.111. The molecule has 2 rings (SSSR count). The fourth-order valence-corrected chi connectivity index (χ4v) is 2.26. The molecular weight excluding hydrogens is 248 g/mol. The number of hydrogen-bond donors (Lipinski definition) is 0. The molecule has 0 N–H and O–H groups in total. The highest BCUT2D eigenvalue weighted by Gasteiger charge is 2.18. The van der Waals surface area contributed by atoms with Gasteiger partial charge in [-0.1, -0.05) is 60.7 Å². The number of carbonyl (C=O) groups is 2. The number of allylic oxidation sites excluding steroid dienone is 2. The van der Waals surface area contributed by atoms with Crippen molar-refractivity contribution >= 4 is 22.7 Å². The van der Waals surface area contributed by atoms with Crippen molar-refractivity contribution in [1.29, 1.82) is 0 Å². The third kappa shape index (κ3) is 2.91. The summed E-state index contributed by atoms with van der Waals surface area (Å²) in [5.41, 5.74) is 2.50. The van der Waals surface area contributed by atoms with Gasteiger partial charge in [0.25, 0.3) is 0 Å². The Balaban J connectivity index is 2.74. The molecule has 100 valence electrons. The summed E-state index contributed by atoms with van der Waals surface area (Å²) in [5.74, 6) is -0.212. The summed E-state index contributed by atoms with van der Waals surface area (Å²) in [6.45, 7) is 2.99. The molecule has 0 bridgehead atoms. The van der Waals surface area contributed by atoms with Gasteiger partial charge >= 0.3 is 0 Å². The van der Waals surface area contributed by atoms with Crippen molar-refractivity contribution in [2.24, 2.45) is 0 Å². The SMILES string of the molecule is CC(=O)C(=C(C(C)=O)c1ccccc1)c1ccccc1. The van der Waals surface area contributed by atoms with Crippen molar-refractivity contribution in [3.63, 3.8) is 0 Å². The molecule has 2 nitrogen and oxygen atoms in total. The smallest absolute Gasteiger partial charge is 0.161 e. The zero-order valence-corrected chi connectivity index (χ0v) is 11.6. The van der Waals surface area contributed by atoms with Crippen LogP contribution in [0.5, 0.6) is 0 Å². The molecule has 2 aromatic rings. The minimum atomic E-state index is -0.106. The van der Waals surface area contributed by atoms with Crippen LogP contribution in [0.4, 0.5) is 0 Å². The van der Waals surface area contributed by atoms with Crippen LogP contribution in [0.1, 0.15) is 25.0 Å². The van der Waals surface area contributed by atoms with Gasteiger partial charge in [0.15, 0.2) is 11.6 Å². The molecule has 0 heterocycles. The molecule has 0 fully saturated rings. The van der Waals surface area contributed by atoms with Crippen LogP contribution in [0.2, 0.25) is 0 Å². The van der Waals surface area contributed by atoms with Gasteiger partial charge in [0.05, 0.1) is 0 Å². The van der Waals surface area contributed by atoms with Crippen molar-refractivity contribution in [3.05, 3.63) is 71.8 Å². The number of ketones is 2. The summed E-state index contributed by atoms with van der Waals surface area (Å²) in [7, 11) is 0. The van der Waals surface area contributed by atoms with Gasteiger partial charge in [-0.05, 0) is 25.0 Å². The Kier molecular flexibility index (Phi) is 4.26. The Bertz CT molecular complexity index is 593. The van der Waals surface area contributed by atoms with E-state index in [2.05, 4.69) is 0 Å². The lowest BCUT2D eigenvalue weighted by atomic mass is 9.90. The maximum Gasteiger partial charge on any atom is 0.161 e. The normalized spacial score (nSPS) is 11.7. The Hall–Kier alpha value is -2.48. The van der Waals surface area contributed by atoms with Crippen LogP contribution in [0, 0.1) is 0 Å². The molecule has 0 spiro atoms. The average Bonchev–Trinajstić information content (AvgIpc) is 2.45. The zero-order chi connectivity index (χ0) is 14.5. The summed E-state index contributed by atoms with van der Waals surface area (Å²) in [5, 5.41) is 0. The second-order valence-electron chi connectivity index (χ2n) is 4.59. The van der Waals surface area contributed by atoms with Crippen LogP contribution in [-0.2, 0) is 9.59 Å². The van der Waals surface area contributed by atoms with Crippen LogP contribution >= 0.6 is 0 Å². The standard InChI is InChI=1S/C18H16O2/c1-13(19)17(15-9-5-3-6-10-15)18(14(2)20)16-11-7-4-8-12-16/h3-12H,1-2H3. The highest BCUT2D eigenvalue weighted by molar-refractivity contribution is 6.39. The first kappa shape index (κ1) is 13.9. The zero-order valence-electron chi connectivity index (χ0n) is 11.6. The van der Waals surface area contributed by atoms with E-state index < -0.39 is 0 Å². The second-order valence-corrected chi connectivity index (χ2v) is 4.59. The number of hydrogen-bond acceptors (Lipinski definition) is 2. The van der Waals surface area contributed by atoms with E-state index in [0.717, 1.165) is 11.1 Å². The summed E-state index contributed by atoms with van der Waals surface area (Å²) in [6, 6.07) is 18.6. The third-order valence-corrected chi connectivity index (χ3v) is 3.08. The Morgan fingerprint density at radius 3 is 1.15 bits per heavy atom. The molecule has 0 amide bonds. The van der Waals surface area contributed by atoms with E-state index in [1.54, 1.807) is 0 Å². The monoisotopic (exact) mass is 264 g/mol. The van der Waals surface area contributed by atoms with E-state index in [9.17, 15) is 9.59 Å². The maximum atomic E-state index is 12.1. The van der Waals surface area contributed by atoms with E-state index >= 15 is 0 Å². The van der Waals surface area contributed by atoms with E-state index in [0.29, 0.717) is 11.1 Å². The maximum absolute atomic E-state index is 12.1. The molecule has 0 atom stereocenters. The third-order valence-electron chi connectivity index (χ3n) is 3.08. The van der Waals surface area contributed by atoms with Crippen LogP contribution in [-0.4, -0.2) is 11.6 Å². The topological polar surface area (TPSA) is 34.1 Å². The van der Waals surface area contributed by atoms with E-state index in [-0.39, 0.29) is 11.6 Å². The van der Waals surface area contributed by atoms with E-state index in [1.165, 1.54) is 13.8 Å². The average molecular weight is 264 g/mol. The van der Waals surface area contributed by atoms with Crippen molar-refractivity contribution in [2.45, 2.75) is 13.8 Å². The highest BCUT2D eigenvalue weighted by atomic mass is 16.1. The minimum absolute atomic E-state index is 0.106. The van der Waals surface area contributed by atoms with Crippen LogP contribution in [0.25, 0.3) is 11.1 Å². The molecule has 0 saturated heterocycles. The van der Waals surface area contributed by atoms with Crippen LogP contribution in [0.3, 0.4) is 0 Å². The van der Waals surface area contributed by atoms with Gasteiger partial charge in [-0.3, -0.25) is 9.59 Å². The number of benzene rings is 2. The van der Waals surface area contributed by atoms with Crippen LogP contribution < -0.4 is 0 Å². The van der Waals surface area contributed by atoms with E-state index in [1.807, 2.05) is 60.7 Å². The first-order chi connectivity index (χ1) is 9.61. The lowest BCUT2D eigenvalue weighted by molar-refractivity contribution is -0.113. The summed E-state index contributed by atoms with van der Waals surface area (Å²) < 4.78 is 0. The Morgan fingerprint density at radius 1 is 0.600 bits per heavy atom. The number of carbonyl (C=O) groups excluding carboxylic acids is 2. The molecular formula is C18H16O2. The van der Waals surface area contributed by atoms with Gasteiger partial charge in [-0.2, -0.15) is 0 Å². The quantitative estimate of drug-likeness (QED) is 0.622. The molecule has 0 radical (unpaired) electrons. The number of rotatable bonds is 4. The van der Waals surface area contributed by atoms with Gasteiger partial charge in [0.2, 0.25) is 0 Å². The van der Waals surface area contributed by atoms with Gasteiger partial charge in [0.1, 0.15) is 0 Å². The lowest BCUT2D eigenvalue weighted by Gasteiger charge is -2.12. The van der Waals surface area contributed by atoms with Crippen molar-refractivity contribution in [3.8, 4) is 0 Å². The Labute approximate surface area is 118 Å². The fourth-order valence-electron chi connectivity index (χ4n) is 2.26. The minimum Gasteiger partial charge on any atom is -0.294 e. The van der Waals surface area contributed by atoms with Crippen molar-refractivity contribution < 1.29 is 9.59 Å². The predicted octanol–water partition coefficient (Wildman–Crippen LogP) is 3.78. The van der Waals surface area contributed by atoms with Gasteiger partial charge in [0, 0.05) is 11.1 Å². The summed E-state index contributed by atoms with van der Waals surface area (Å²) in [6.07, 6.45) is 0. The molecule has 0 aliphatic rings. The molecule has 0 aromatic heterocycles. The molecule has 0 unspecified atom stereocenters. The lowest BCUT2D eigenvalue weighted by Crippen LogP contribution is -2.06. The predicted molar refractivity (Wildman–Crippen MR) is 81.1 cm³/mol. The summed E-state index contributed by atoms with van der Waals surface area (Å²) >= 11 is 0. The second kappa shape index (κ2) is 6.11.